The molecule has 1 N–H and O–H groups in total. The molecular weight excluding hydrogens is 272 g/mol. The third-order valence-corrected chi connectivity index (χ3v) is 2.56. The summed E-state index contributed by atoms with van der Waals surface area (Å²) in [5, 5.41) is 6.88. The van der Waals surface area contributed by atoms with E-state index in [1.54, 1.807) is 6.20 Å². The summed E-state index contributed by atoms with van der Waals surface area (Å²) in [7, 11) is 0. The van der Waals surface area contributed by atoms with Crippen molar-refractivity contribution in [3.05, 3.63) is 22.8 Å². The molecule has 0 spiro atoms. The lowest BCUT2D eigenvalue weighted by atomic mass is 10.3. The van der Waals surface area contributed by atoms with Crippen LogP contribution in [-0.2, 0) is 0 Å². The van der Waals surface area contributed by atoms with E-state index in [9.17, 15) is 0 Å². The van der Waals surface area contributed by atoms with E-state index in [2.05, 4.69) is 43.3 Å². The average molecular weight is 283 g/mol. The second-order valence-electron chi connectivity index (χ2n) is 3.18. The number of rotatable bonds is 4. The van der Waals surface area contributed by atoms with Crippen molar-refractivity contribution in [3.63, 3.8) is 0 Å². The smallest absolute Gasteiger partial charge is 0.321 e. The van der Waals surface area contributed by atoms with Crippen LogP contribution >= 0.6 is 15.9 Å². The van der Waals surface area contributed by atoms with E-state index in [1.807, 2.05) is 12.1 Å². The maximum atomic E-state index is 5.04. The first-order chi connectivity index (χ1) is 7.81. The molecule has 0 aliphatic rings. The number of aromatic nitrogens is 3. The van der Waals surface area contributed by atoms with Crippen molar-refractivity contribution >= 4 is 21.9 Å². The van der Waals surface area contributed by atoms with Gasteiger partial charge in [0.15, 0.2) is 0 Å². The number of pyridine rings is 1. The highest BCUT2D eigenvalue weighted by atomic mass is 79.9. The summed E-state index contributed by atoms with van der Waals surface area (Å²) in [6.45, 7) is 2.88. The lowest BCUT2D eigenvalue weighted by Gasteiger charge is -1.96. The fourth-order valence-electron chi connectivity index (χ4n) is 1.17. The maximum Gasteiger partial charge on any atom is 0.321 e. The molecule has 84 valence electrons. The van der Waals surface area contributed by atoms with Gasteiger partial charge < -0.3 is 9.84 Å². The molecule has 5 nitrogen and oxygen atoms in total. The van der Waals surface area contributed by atoms with Gasteiger partial charge in [0.25, 0.3) is 0 Å². The van der Waals surface area contributed by atoms with Gasteiger partial charge in [-0.25, -0.2) is 0 Å². The first-order valence-electron chi connectivity index (χ1n) is 4.99. The maximum absolute atomic E-state index is 5.04. The Labute approximate surface area is 101 Å². The average Bonchev–Trinajstić information content (AvgIpc) is 2.75. The highest BCUT2D eigenvalue weighted by Gasteiger charge is 2.11. The van der Waals surface area contributed by atoms with Gasteiger partial charge in [-0.05, 0) is 34.5 Å². The molecule has 0 amide bonds. The standard InChI is InChI=1S/C10H11BrN4O/c1-2-5-13-10-14-9(15-16-10)8-7(11)4-3-6-12-8/h3-4,6H,2,5H2,1H3,(H,13,14,15). The third-order valence-electron chi connectivity index (χ3n) is 1.92. The van der Waals surface area contributed by atoms with Crippen molar-refractivity contribution in [1.82, 2.24) is 15.1 Å². The van der Waals surface area contributed by atoms with E-state index in [0.717, 1.165) is 17.4 Å². The zero-order valence-corrected chi connectivity index (χ0v) is 10.4. The number of hydrogen-bond donors (Lipinski definition) is 1. The van der Waals surface area contributed by atoms with E-state index < -0.39 is 0 Å². The molecule has 0 atom stereocenters. The first-order valence-corrected chi connectivity index (χ1v) is 5.79. The van der Waals surface area contributed by atoms with Crippen molar-refractivity contribution in [2.45, 2.75) is 13.3 Å². The predicted octanol–water partition coefficient (Wildman–Crippen LogP) is 2.72. The van der Waals surface area contributed by atoms with Crippen molar-refractivity contribution in [3.8, 4) is 11.5 Å². The lowest BCUT2D eigenvalue weighted by molar-refractivity contribution is 0.432. The summed E-state index contributed by atoms with van der Waals surface area (Å²) < 4.78 is 5.89. The molecule has 0 fully saturated rings. The molecule has 2 heterocycles. The van der Waals surface area contributed by atoms with Crippen molar-refractivity contribution in [2.24, 2.45) is 0 Å². The molecular formula is C10H11BrN4O. The number of nitrogens with zero attached hydrogens (tertiary/aromatic N) is 3. The topological polar surface area (TPSA) is 63.8 Å². The van der Waals surface area contributed by atoms with E-state index >= 15 is 0 Å². The molecule has 6 heteroatoms. The van der Waals surface area contributed by atoms with Crippen LogP contribution in [0.25, 0.3) is 11.5 Å². The van der Waals surface area contributed by atoms with Crippen LogP contribution in [0.5, 0.6) is 0 Å². The Kier molecular flexibility index (Phi) is 3.51. The zero-order chi connectivity index (χ0) is 11.4. The fraction of sp³-hybridized carbons (Fsp3) is 0.300. The van der Waals surface area contributed by atoms with E-state index in [1.165, 1.54) is 0 Å². The highest BCUT2D eigenvalue weighted by molar-refractivity contribution is 9.10. The van der Waals surface area contributed by atoms with Gasteiger partial charge in [0.1, 0.15) is 5.69 Å². The summed E-state index contributed by atoms with van der Waals surface area (Å²) in [5.41, 5.74) is 0.677. The molecule has 2 rings (SSSR count). The van der Waals surface area contributed by atoms with E-state index in [0.29, 0.717) is 17.5 Å². The largest absolute Gasteiger partial charge is 0.338 e. The molecule has 0 aliphatic carbocycles. The Bertz CT molecular complexity index is 471. The molecule has 2 aromatic heterocycles. The minimum absolute atomic E-state index is 0.425. The number of halogens is 1. The van der Waals surface area contributed by atoms with Crippen molar-refractivity contribution < 1.29 is 4.52 Å². The fourth-order valence-corrected chi connectivity index (χ4v) is 1.61. The monoisotopic (exact) mass is 282 g/mol. The van der Waals surface area contributed by atoms with Crippen molar-refractivity contribution in [2.75, 3.05) is 11.9 Å². The van der Waals surface area contributed by atoms with Gasteiger partial charge >= 0.3 is 6.01 Å². The molecule has 0 saturated carbocycles. The van der Waals surface area contributed by atoms with Crippen LogP contribution in [0.1, 0.15) is 13.3 Å². The van der Waals surface area contributed by atoms with Crippen LogP contribution in [0.4, 0.5) is 6.01 Å². The Morgan fingerprint density at radius 2 is 2.38 bits per heavy atom. The van der Waals surface area contributed by atoms with E-state index in [-0.39, 0.29) is 0 Å². The summed E-state index contributed by atoms with van der Waals surface area (Å²) >= 11 is 3.39. The minimum atomic E-state index is 0.425. The molecule has 0 radical (unpaired) electrons. The SMILES string of the molecule is CCCNc1nc(-c2ncccc2Br)no1. The summed E-state index contributed by atoms with van der Waals surface area (Å²) in [6.07, 6.45) is 2.70. The Morgan fingerprint density at radius 1 is 1.50 bits per heavy atom. The number of anilines is 1. The highest BCUT2D eigenvalue weighted by Crippen LogP contribution is 2.23. The number of nitrogens with one attached hydrogen (secondary N) is 1. The normalized spacial score (nSPS) is 10.4. The van der Waals surface area contributed by atoms with Crippen LogP contribution in [0, 0.1) is 0 Å². The van der Waals surface area contributed by atoms with Gasteiger partial charge in [-0.2, -0.15) is 4.98 Å². The zero-order valence-electron chi connectivity index (χ0n) is 8.77. The molecule has 0 aliphatic heterocycles. The second-order valence-corrected chi connectivity index (χ2v) is 4.04. The first kappa shape index (κ1) is 11.1. The minimum Gasteiger partial charge on any atom is -0.338 e. The third kappa shape index (κ3) is 2.38. The summed E-state index contributed by atoms with van der Waals surface area (Å²) in [5.74, 6) is 0.478. The molecule has 0 bridgehead atoms. The van der Waals surface area contributed by atoms with Gasteiger partial charge in [0.05, 0.1) is 0 Å². The predicted molar refractivity (Wildman–Crippen MR) is 64.0 cm³/mol. The Balaban J connectivity index is 2.22. The van der Waals surface area contributed by atoms with Crippen LogP contribution in [0.15, 0.2) is 27.3 Å². The van der Waals surface area contributed by atoms with Gasteiger partial charge in [-0.15, -0.1) is 0 Å². The van der Waals surface area contributed by atoms with E-state index in [4.69, 9.17) is 4.52 Å². The molecule has 2 aromatic rings. The van der Waals surface area contributed by atoms with Gasteiger partial charge in [-0.3, -0.25) is 4.98 Å². The van der Waals surface area contributed by atoms with Crippen LogP contribution in [0.3, 0.4) is 0 Å². The summed E-state index contributed by atoms with van der Waals surface area (Å²) in [6, 6.07) is 4.15. The Morgan fingerprint density at radius 3 is 3.12 bits per heavy atom. The van der Waals surface area contributed by atoms with Crippen molar-refractivity contribution in [1.29, 1.82) is 0 Å². The van der Waals surface area contributed by atoms with Crippen LogP contribution in [0.2, 0.25) is 0 Å². The quantitative estimate of drug-likeness (QED) is 0.934. The second kappa shape index (κ2) is 5.07. The molecule has 0 saturated heterocycles. The summed E-state index contributed by atoms with van der Waals surface area (Å²) in [4.78, 5) is 8.38. The lowest BCUT2D eigenvalue weighted by Crippen LogP contribution is -1.99. The van der Waals surface area contributed by atoms with Crippen LogP contribution in [-0.4, -0.2) is 21.7 Å². The van der Waals surface area contributed by atoms with Gasteiger partial charge in [0.2, 0.25) is 5.82 Å². The number of hydrogen-bond acceptors (Lipinski definition) is 5. The Hall–Kier alpha value is -1.43. The molecule has 16 heavy (non-hydrogen) atoms. The molecule has 0 aromatic carbocycles. The molecule has 0 unspecified atom stereocenters. The van der Waals surface area contributed by atoms with Gasteiger partial charge in [0, 0.05) is 17.2 Å². The van der Waals surface area contributed by atoms with Gasteiger partial charge in [-0.1, -0.05) is 12.1 Å². The van der Waals surface area contributed by atoms with Crippen LogP contribution < -0.4 is 5.32 Å².